The van der Waals surface area contributed by atoms with E-state index >= 15 is 0 Å². The molecule has 0 radical (unpaired) electrons. The molecule has 2 aromatic carbocycles. The molecule has 1 atom stereocenters. The van der Waals surface area contributed by atoms with Gasteiger partial charge in [0.1, 0.15) is 12.6 Å². The number of ether oxygens (including phenoxy) is 2. The summed E-state index contributed by atoms with van der Waals surface area (Å²) in [6.45, 7) is 8.19. The van der Waals surface area contributed by atoms with Gasteiger partial charge in [0, 0.05) is 32.6 Å². The summed E-state index contributed by atoms with van der Waals surface area (Å²) in [6.07, 6.45) is 1.02. The fourth-order valence-electron chi connectivity index (χ4n) is 4.03. The van der Waals surface area contributed by atoms with Crippen molar-refractivity contribution >= 4 is 46.7 Å². The molecule has 0 fully saturated rings. The molecule has 0 bridgehead atoms. The first-order valence-electron chi connectivity index (χ1n) is 11.7. The number of aromatic nitrogens is 3. The Morgan fingerprint density at radius 1 is 1.14 bits per heavy atom. The third-order valence-corrected chi connectivity index (χ3v) is 7.26. The van der Waals surface area contributed by atoms with Crippen LogP contribution in [0.2, 0.25) is 10.0 Å². The minimum atomic E-state index is -0.443. The van der Waals surface area contributed by atoms with Crippen molar-refractivity contribution in [1.29, 1.82) is 0 Å². The van der Waals surface area contributed by atoms with E-state index in [1.807, 2.05) is 38.1 Å². The van der Waals surface area contributed by atoms with Crippen LogP contribution in [0.25, 0.3) is 0 Å². The third kappa shape index (κ3) is 5.66. The van der Waals surface area contributed by atoms with E-state index in [1.165, 1.54) is 0 Å². The fourth-order valence-corrected chi connectivity index (χ4v) is 5.17. The molecule has 10 heteroatoms. The summed E-state index contributed by atoms with van der Waals surface area (Å²) in [5, 5.41) is 9.75. The van der Waals surface area contributed by atoms with Gasteiger partial charge in [-0.2, -0.15) is 4.98 Å². The lowest BCUT2D eigenvalue weighted by Crippen LogP contribution is -2.27. The number of thioether (sulfide) groups is 1. The third-order valence-electron chi connectivity index (χ3n) is 5.63. The highest BCUT2D eigenvalue weighted by molar-refractivity contribution is 7.99. The molecule has 1 aliphatic heterocycles. The number of carbonyl (C=O) groups is 1. The van der Waals surface area contributed by atoms with Crippen molar-refractivity contribution in [3.8, 4) is 11.5 Å². The van der Waals surface area contributed by atoms with E-state index in [-0.39, 0.29) is 12.4 Å². The van der Waals surface area contributed by atoms with Gasteiger partial charge in [-0.3, -0.25) is 4.79 Å². The van der Waals surface area contributed by atoms with Crippen molar-refractivity contribution in [3.63, 3.8) is 0 Å². The predicted octanol–water partition coefficient (Wildman–Crippen LogP) is 6.94. The summed E-state index contributed by atoms with van der Waals surface area (Å²) in [5.74, 6) is 2.63. The van der Waals surface area contributed by atoms with Crippen LogP contribution in [-0.2, 0) is 11.4 Å². The van der Waals surface area contributed by atoms with E-state index in [1.54, 1.807) is 35.5 Å². The van der Waals surface area contributed by atoms with Crippen LogP contribution < -0.4 is 14.8 Å². The lowest BCUT2D eigenvalue weighted by Gasteiger charge is -2.28. The van der Waals surface area contributed by atoms with E-state index in [4.69, 9.17) is 37.8 Å². The van der Waals surface area contributed by atoms with Crippen LogP contribution in [0.1, 0.15) is 51.3 Å². The standard InChI is InChI=1S/C26H28Cl2N4O3S/c1-5-11-36-26-30-25-29-15(3)23(16(4)33)24(32(25)31-26)17-8-10-21(22(12-17)34-6-2)35-14-18-7-9-19(27)13-20(18)28/h7-10,12-13,24H,5-6,11,14H2,1-4H3,(H,29,30,31). The minimum absolute atomic E-state index is 0.0374. The lowest BCUT2D eigenvalue weighted by atomic mass is 9.93. The molecule has 36 heavy (non-hydrogen) atoms. The van der Waals surface area contributed by atoms with Gasteiger partial charge in [0.25, 0.3) is 0 Å². The quantitative estimate of drug-likeness (QED) is 0.276. The number of hydrogen-bond donors (Lipinski definition) is 1. The first-order chi connectivity index (χ1) is 17.3. The van der Waals surface area contributed by atoms with Gasteiger partial charge in [-0.15, -0.1) is 5.10 Å². The number of nitrogens with zero attached hydrogens (tertiary/aromatic N) is 3. The summed E-state index contributed by atoms with van der Waals surface area (Å²) in [7, 11) is 0. The van der Waals surface area contributed by atoms with Crippen LogP contribution >= 0.6 is 35.0 Å². The topological polar surface area (TPSA) is 78.3 Å². The zero-order valence-corrected chi connectivity index (χ0v) is 22.9. The molecule has 0 spiro atoms. The van der Waals surface area contributed by atoms with Crippen molar-refractivity contribution in [2.75, 3.05) is 17.7 Å². The van der Waals surface area contributed by atoms with Crippen molar-refractivity contribution in [2.45, 2.75) is 51.9 Å². The normalized spacial score (nSPS) is 14.9. The van der Waals surface area contributed by atoms with E-state index in [9.17, 15) is 4.79 Å². The van der Waals surface area contributed by atoms with E-state index in [0.717, 1.165) is 29.0 Å². The van der Waals surface area contributed by atoms with Crippen LogP contribution in [0, 0.1) is 0 Å². The summed E-state index contributed by atoms with van der Waals surface area (Å²) in [6, 6.07) is 10.5. The number of hydrogen-bond acceptors (Lipinski definition) is 7. The Hall–Kier alpha value is -2.68. The molecule has 0 amide bonds. The maximum atomic E-state index is 12.7. The number of carbonyl (C=O) groups excluding carboxylic acids is 1. The van der Waals surface area contributed by atoms with Gasteiger partial charge < -0.3 is 14.8 Å². The summed E-state index contributed by atoms with van der Waals surface area (Å²) < 4.78 is 13.8. The summed E-state index contributed by atoms with van der Waals surface area (Å²) in [4.78, 5) is 17.4. The molecular weight excluding hydrogens is 519 g/mol. The molecule has 3 aromatic rings. The average Bonchev–Trinajstić information content (AvgIpc) is 3.24. The van der Waals surface area contributed by atoms with Crippen molar-refractivity contribution in [1.82, 2.24) is 14.8 Å². The Balaban J connectivity index is 1.70. The molecule has 2 heterocycles. The first kappa shape index (κ1) is 26.4. The number of ketones is 1. The number of halogens is 2. The van der Waals surface area contributed by atoms with Crippen molar-refractivity contribution in [2.24, 2.45) is 0 Å². The number of allylic oxidation sites excluding steroid dienone is 2. The number of anilines is 1. The number of fused-ring (bicyclic) bond motifs is 1. The molecule has 1 aromatic heterocycles. The van der Waals surface area contributed by atoms with Gasteiger partial charge in [0.15, 0.2) is 17.3 Å². The van der Waals surface area contributed by atoms with Gasteiger partial charge in [-0.1, -0.05) is 54.0 Å². The van der Waals surface area contributed by atoms with E-state index < -0.39 is 6.04 Å². The number of nitrogens with one attached hydrogen (secondary N) is 1. The molecule has 0 aliphatic carbocycles. The molecule has 0 saturated carbocycles. The van der Waals surface area contributed by atoms with E-state index in [0.29, 0.717) is 44.8 Å². The smallest absolute Gasteiger partial charge is 0.227 e. The van der Waals surface area contributed by atoms with Gasteiger partial charge in [0.2, 0.25) is 11.1 Å². The van der Waals surface area contributed by atoms with Crippen LogP contribution in [0.5, 0.6) is 11.5 Å². The number of rotatable bonds is 10. The van der Waals surface area contributed by atoms with Crippen LogP contribution in [0.4, 0.5) is 5.95 Å². The van der Waals surface area contributed by atoms with Crippen molar-refractivity contribution in [3.05, 3.63) is 68.8 Å². The number of benzene rings is 2. The zero-order chi connectivity index (χ0) is 25.8. The van der Waals surface area contributed by atoms with Crippen molar-refractivity contribution < 1.29 is 14.3 Å². The summed E-state index contributed by atoms with van der Waals surface area (Å²) >= 11 is 13.9. The highest BCUT2D eigenvalue weighted by atomic mass is 35.5. The minimum Gasteiger partial charge on any atom is -0.490 e. The second-order valence-corrected chi connectivity index (χ2v) is 10.2. The predicted molar refractivity (Wildman–Crippen MR) is 145 cm³/mol. The van der Waals surface area contributed by atoms with Gasteiger partial charge >= 0.3 is 0 Å². The molecule has 190 valence electrons. The van der Waals surface area contributed by atoms with Crippen LogP contribution in [0.15, 0.2) is 52.8 Å². The second-order valence-electron chi connectivity index (χ2n) is 8.30. The Bertz CT molecular complexity index is 1310. The maximum Gasteiger partial charge on any atom is 0.227 e. The van der Waals surface area contributed by atoms with E-state index in [2.05, 4.69) is 17.2 Å². The molecule has 4 rings (SSSR count). The monoisotopic (exact) mass is 546 g/mol. The Labute approximate surface area is 225 Å². The summed E-state index contributed by atoms with van der Waals surface area (Å²) in [5.41, 5.74) is 3.05. The Morgan fingerprint density at radius 2 is 1.94 bits per heavy atom. The van der Waals surface area contributed by atoms with Crippen LogP contribution in [0.3, 0.4) is 0 Å². The molecule has 7 nitrogen and oxygen atoms in total. The fraction of sp³-hybridized carbons (Fsp3) is 0.346. The Morgan fingerprint density at radius 3 is 2.64 bits per heavy atom. The average molecular weight is 548 g/mol. The number of Topliss-reactive ketones (excluding diaryl/α,β-unsaturated/α-hetero) is 1. The van der Waals surface area contributed by atoms with Crippen LogP contribution in [-0.4, -0.2) is 32.9 Å². The van der Waals surface area contributed by atoms with Gasteiger partial charge in [-0.05, 0) is 57.0 Å². The SMILES string of the molecule is CCCSc1nc2n(n1)C(c1ccc(OCc3ccc(Cl)cc3Cl)c(OCC)c1)C(C(C)=O)=C(C)N2. The molecule has 1 unspecified atom stereocenters. The second kappa shape index (κ2) is 11.6. The Kier molecular flexibility index (Phi) is 8.49. The maximum absolute atomic E-state index is 12.7. The molecule has 0 saturated heterocycles. The zero-order valence-electron chi connectivity index (χ0n) is 20.6. The highest BCUT2D eigenvalue weighted by Crippen LogP contribution is 2.40. The van der Waals surface area contributed by atoms with Gasteiger partial charge in [0.05, 0.1) is 6.61 Å². The molecule has 1 aliphatic rings. The lowest BCUT2D eigenvalue weighted by molar-refractivity contribution is -0.114. The highest BCUT2D eigenvalue weighted by Gasteiger charge is 2.33. The largest absolute Gasteiger partial charge is 0.490 e. The molecule has 1 N–H and O–H groups in total. The van der Waals surface area contributed by atoms with Gasteiger partial charge in [-0.25, -0.2) is 4.68 Å². The first-order valence-corrected chi connectivity index (χ1v) is 13.5. The molecular formula is C26H28Cl2N4O3S.